The molecule has 1 N–H and O–H groups in total. The molecule has 0 saturated heterocycles. The van der Waals surface area contributed by atoms with Gasteiger partial charge in [-0.1, -0.05) is 59.5 Å². The summed E-state index contributed by atoms with van der Waals surface area (Å²) >= 11 is 2.57. The predicted octanol–water partition coefficient (Wildman–Crippen LogP) is 4.35. The van der Waals surface area contributed by atoms with Crippen LogP contribution in [0.3, 0.4) is 0 Å². The topological polar surface area (TPSA) is 67.8 Å². The molecule has 5 nitrogen and oxygen atoms in total. The van der Waals surface area contributed by atoms with Gasteiger partial charge in [0, 0.05) is 6.20 Å². The van der Waals surface area contributed by atoms with E-state index in [1.807, 2.05) is 26.0 Å². The van der Waals surface area contributed by atoms with E-state index in [1.54, 1.807) is 6.20 Å². The number of hydrogen-bond donors (Lipinski definition) is 1. The van der Waals surface area contributed by atoms with Crippen molar-refractivity contribution in [2.45, 2.75) is 26.7 Å². The normalized spacial score (nSPS) is 11.0. The summed E-state index contributed by atoms with van der Waals surface area (Å²) in [6, 6.07) is 8.21. The largest absolute Gasteiger partial charge is 0.297 e. The zero-order valence-electron chi connectivity index (χ0n) is 13.0. The molecule has 0 spiro atoms. The van der Waals surface area contributed by atoms with Crippen LogP contribution in [-0.2, 0) is 0 Å². The molecule has 3 rings (SSSR count). The van der Waals surface area contributed by atoms with Crippen LogP contribution in [0.2, 0.25) is 0 Å². The molecular weight excluding hydrogens is 328 g/mol. The molecule has 1 aromatic carbocycles. The van der Waals surface area contributed by atoms with E-state index in [-0.39, 0.29) is 11.8 Å². The Morgan fingerprint density at radius 1 is 1.30 bits per heavy atom. The molecule has 0 aliphatic carbocycles. The monoisotopic (exact) mass is 344 g/mol. The third kappa shape index (κ3) is 3.46. The number of anilines is 1. The summed E-state index contributed by atoms with van der Waals surface area (Å²) in [5.41, 5.74) is 3.02. The van der Waals surface area contributed by atoms with Crippen molar-refractivity contribution < 1.29 is 4.79 Å². The highest BCUT2D eigenvalue weighted by molar-refractivity contribution is 7.19. The molecule has 1 amide bonds. The Labute approximate surface area is 142 Å². The minimum absolute atomic E-state index is 0.161. The lowest BCUT2D eigenvalue weighted by Crippen LogP contribution is -2.12. The van der Waals surface area contributed by atoms with E-state index in [0.29, 0.717) is 10.0 Å². The fraction of sp³-hybridized carbons (Fsp3) is 0.250. The second-order valence-electron chi connectivity index (χ2n) is 5.50. The third-order valence-corrected chi connectivity index (χ3v) is 5.00. The van der Waals surface area contributed by atoms with Crippen LogP contribution < -0.4 is 5.32 Å². The summed E-state index contributed by atoms with van der Waals surface area (Å²) in [5.74, 6) is -0.0394. The molecule has 0 atom stereocenters. The Morgan fingerprint density at radius 3 is 2.87 bits per heavy atom. The fourth-order valence-electron chi connectivity index (χ4n) is 2.15. The number of aryl methyl sites for hydroxylation is 1. The van der Waals surface area contributed by atoms with Gasteiger partial charge in [-0.3, -0.25) is 10.1 Å². The first kappa shape index (κ1) is 15.8. The predicted molar refractivity (Wildman–Crippen MR) is 94.2 cm³/mol. The van der Waals surface area contributed by atoms with Crippen LogP contribution >= 0.6 is 22.9 Å². The summed E-state index contributed by atoms with van der Waals surface area (Å²) in [7, 11) is 0. The molecule has 0 saturated carbocycles. The summed E-state index contributed by atoms with van der Waals surface area (Å²) in [6.45, 7) is 6.04. The highest BCUT2D eigenvalue weighted by Gasteiger charge is 2.19. The van der Waals surface area contributed by atoms with Crippen molar-refractivity contribution in [1.82, 2.24) is 14.6 Å². The van der Waals surface area contributed by atoms with Crippen molar-refractivity contribution in [2.75, 3.05) is 5.32 Å². The van der Waals surface area contributed by atoms with E-state index in [9.17, 15) is 4.79 Å². The zero-order chi connectivity index (χ0) is 16.4. The van der Waals surface area contributed by atoms with Gasteiger partial charge < -0.3 is 0 Å². The van der Waals surface area contributed by atoms with Crippen molar-refractivity contribution in [3.05, 3.63) is 46.6 Å². The fourth-order valence-corrected chi connectivity index (χ4v) is 3.67. The van der Waals surface area contributed by atoms with E-state index in [0.717, 1.165) is 27.7 Å². The molecule has 0 aliphatic heterocycles. The van der Waals surface area contributed by atoms with Gasteiger partial charge in [-0.15, -0.1) is 5.10 Å². The summed E-state index contributed by atoms with van der Waals surface area (Å²) in [5, 5.41) is 7.45. The van der Waals surface area contributed by atoms with Crippen molar-refractivity contribution in [3.8, 4) is 10.4 Å². The molecule has 0 aliphatic rings. The highest BCUT2D eigenvalue weighted by Crippen LogP contribution is 2.30. The van der Waals surface area contributed by atoms with Gasteiger partial charge in [-0.05, 0) is 29.9 Å². The van der Waals surface area contributed by atoms with Crippen LogP contribution in [0, 0.1) is 6.92 Å². The molecule has 0 radical (unpaired) electrons. The molecule has 0 fully saturated rings. The minimum Gasteiger partial charge on any atom is -0.297 e. The zero-order valence-corrected chi connectivity index (χ0v) is 14.7. The van der Waals surface area contributed by atoms with Gasteiger partial charge >= 0.3 is 0 Å². The number of aromatic nitrogens is 3. The lowest BCUT2D eigenvalue weighted by molar-refractivity contribution is 0.102. The molecule has 3 aromatic rings. The molecule has 7 heteroatoms. The van der Waals surface area contributed by atoms with Crippen LogP contribution in [0.1, 0.15) is 40.7 Å². The lowest BCUT2D eigenvalue weighted by atomic mass is 10.1. The van der Waals surface area contributed by atoms with Crippen molar-refractivity contribution in [1.29, 1.82) is 0 Å². The number of benzene rings is 1. The SMILES string of the molecule is Cc1cccc(-c2cnc(NC(=O)c3snnc3C(C)C)s2)c1. The van der Waals surface area contributed by atoms with Gasteiger partial charge in [0.15, 0.2) is 5.13 Å². The number of carbonyl (C=O) groups excluding carboxylic acids is 1. The van der Waals surface area contributed by atoms with Gasteiger partial charge in [0.2, 0.25) is 0 Å². The van der Waals surface area contributed by atoms with E-state index >= 15 is 0 Å². The van der Waals surface area contributed by atoms with Crippen molar-refractivity contribution >= 4 is 33.9 Å². The van der Waals surface area contributed by atoms with Gasteiger partial charge in [-0.2, -0.15) is 0 Å². The van der Waals surface area contributed by atoms with E-state index in [4.69, 9.17) is 0 Å². The van der Waals surface area contributed by atoms with E-state index in [2.05, 4.69) is 38.9 Å². The number of nitrogens with one attached hydrogen (secondary N) is 1. The molecular formula is C16H16N4OS2. The van der Waals surface area contributed by atoms with Gasteiger partial charge in [0.05, 0.1) is 10.6 Å². The first-order valence-electron chi connectivity index (χ1n) is 7.21. The maximum absolute atomic E-state index is 12.4. The average Bonchev–Trinajstić information content (AvgIpc) is 3.16. The van der Waals surface area contributed by atoms with Crippen molar-refractivity contribution in [3.63, 3.8) is 0 Å². The smallest absolute Gasteiger partial charge is 0.271 e. The number of carbonyl (C=O) groups is 1. The Morgan fingerprint density at radius 2 is 2.13 bits per heavy atom. The number of thiazole rings is 1. The quantitative estimate of drug-likeness (QED) is 0.764. The van der Waals surface area contributed by atoms with E-state index in [1.165, 1.54) is 16.9 Å². The Kier molecular flexibility index (Phi) is 4.49. The molecule has 118 valence electrons. The van der Waals surface area contributed by atoms with Crippen LogP contribution in [0.5, 0.6) is 0 Å². The minimum atomic E-state index is -0.200. The van der Waals surface area contributed by atoms with E-state index < -0.39 is 0 Å². The number of amides is 1. The van der Waals surface area contributed by atoms with Crippen LogP contribution in [0.15, 0.2) is 30.5 Å². The molecule has 0 unspecified atom stereocenters. The summed E-state index contributed by atoms with van der Waals surface area (Å²) in [6.07, 6.45) is 1.78. The molecule has 2 aromatic heterocycles. The Hall–Kier alpha value is -2.12. The van der Waals surface area contributed by atoms with Crippen molar-refractivity contribution in [2.24, 2.45) is 0 Å². The second-order valence-corrected chi connectivity index (χ2v) is 7.28. The molecule has 2 heterocycles. The summed E-state index contributed by atoms with van der Waals surface area (Å²) in [4.78, 5) is 18.3. The number of hydrogen-bond acceptors (Lipinski definition) is 6. The highest BCUT2D eigenvalue weighted by atomic mass is 32.1. The lowest BCUT2D eigenvalue weighted by Gasteiger charge is -2.03. The van der Waals surface area contributed by atoms with Crippen LogP contribution in [0.4, 0.5) is 5.13 Å². The molecule has 0 bridgehead atoms. The second kappa shape index (κ2) is 6.55. The number of rotatable bonds is 4. The van der Waals surface area contributed by atoms with Gasteiger partial charge in [-0.25, -0.2) is 4.98 Å². The van der Waals surface area contributed by atoms with Crippen LogP contribution in [0.25, 0.3) is 10.4 Å². The average molecular weight is 344 g/mol. The van der Waals surface area contributed by atoms with Crippen LogP contribution in [-0.4, -0.2) is 20.5 Å². The Balaban J connectivity index is 1.79. The van der Waals surface area contributed by atoms with Gasteiger partial charge in [0.1, 0.15) is 4.88 Å². The first-order chi connectivity index (χ1) is 11.0. The first-order valence-corrected chi connectivity index (χ1v) is 8.80. The van der Waals surface area contributed by atoms with Gasteiger partial charge in [0.25, 0.3) is 5.91 Å². The maximum atomic E-state index is 12.4. The third-order valence-electron chi connectivity index (χ3n) is 3.30. The summed E-state index contributed by atoms with van der Waals surface area (Å²) < 4.78 is 3.88. The standard InChI is InChI=1S/C16H16N4OS2/c1-9(2)13-14(23-20-19-13)15(21)18-16-17-8-12(22-16)11-6-4-5-10(3)7-11/h4-9H,1-3H3,(H,17,18,21). The Bertz CT molecular complexity index is 838. The molecule has 23 heavy (non-hydrogen) atoms. The number of nitrogens with zero attached hydrogens (tertiary/aromatic N) is 3. The maximum Gasteiger partial charge on any atom is 0.271 e.